The van der Waals surface area contributed by atoms with Crippen LogP contribution in [0.3, 0.4) is 0 Å². The molecule has 0 spiro atoms. The summed E-state index contributed by atoms with van der Waals surface area (Å²) in [7, 11) is 1.96. The quantitative estimate of drug-likeness (QED) is 0.674. The molecule has 0 aliphatic carbocycles. The van der Waals surface area contributed by atoms with Crippen LogP contribution in [0.15, 0.2) is 24.4 Å². The number of hydrogen-bond donors (Lipinski definition) is 2. The van der Waals surface area contributed by atoms with Gasteiger partial charge in [0, 0.05) is 17.1 Å². The molecule has 0 bridgehead atoms. The zero-order chi connectivity index (χ0) is 14.0. The van der Waals surface area contributed by atoms with E-state index < -0.39 is 0 Å². The Hall–Kier alpha value is -1.07. The lowest BCUT2D eigenvalue weighted by atomic mass is 10.0. The van der Waals surface area contributed by atoms with Gasteiger partial charge in [-0.15, -0.1) is 0 Å². The number of imidazole rings is 1. The van der Waals surface area contributed by atoms with Crippen LogP contribution in [-0.2, 0) is 13.5 Å². The standard InChI is InChI=1S/C13H16Cl2N4/c1-8-17-7-13(19(8)2)12(18-16)5-9-3-4-10(14)6-11(9)15/h3-4,6-7,12,18H,5,16H2,1-2H3. The van der Waals surface area contributed by atoms with E-state index in [1.807, 2.05) is 36.9 Å². The van der Waals surface area contributed by atoms with Gasteiger partial charge >= 0.3 is 0 Å². The van der Waals surface area contributed by atoms with Gasteiger partial charge in [0.2, 0.25) is 0 Å². The molecule has 0 saturated heterocycles. The van der Waals surface area contributed by atoms with Crippen LogP contribution in [0.4, 0.5) is 0 Å². The van der Waals surface area contributed by atoms with Crippen LogP contribution in [-0.4, -0.2) is 9.55 Å². The highest BCUT2D eigenvalue weighted by atomic mass is 35.5. The van der Waals surface area contributed by atoms with Crippen LogP contribution in [0.5, 0.6) is 0 Å². The third kappa shape index (κ3) is 3.09. The number of aryl methyl sites for hydroxylation is 1. The van der Waals surface area contributed by atoms with Crippen molar-refractivity contribution in [2.75, 3.05) is 0 Å². The number of hydrogen-bond acceptors (Lipinski definition) is 3. The van der Waals surface area contributed by atoms with E-state index in [2.05, 4.69) is 10.4 Å². The van der Waals surface area contributed by atoms with E-state index in [-0.39, 0.29) is 6.04 Å². The number of hydrazine groups is 1. The lowest BCUT2D eigenvalue weighted by molar-refractivity contribution is 0.520. The highest BCUT2D eigenvalue weighted by Gasteiger charge is 2.17. The summed E-state index contributed by atoms with van der Waals surface area (Å²) in [6.07, 6.45) is 2.50. The first-order valence-electron chi connectivity index (χ1n) is 5.91. The minimum absolute atomic E-state index is 0.0510. The summed E-state index contributed by atoms with van der Waals surface area (Å²) in [6.45, 7) is 1.95. The molecule has 4 nitrogen and oxygen atoms in total. The topological polar surface area (TPSA) is 55.9 Å². The second-order valence-electron chi connectivity index (χ2n) is 4.45. The third-order valence-corrected chi connectivity index (χ3v) is 3.84. The smallest absolute Gasteiger partial charge is 0.105 e. The first-order chi connectivity index (χ1) is 9.02. The van der Waals surface area contributed by atoms with E-state index in [4.69, 9.17) is 29.0 Å². The Balaban J connectivity index is 2.26. The molecule has 102 valence electrons. The van der Waals surface area contributed by atoms with E-state index in [1.165, 1.54) is 0 Å². The Morgan fingerprint density at radius 3 is 2.68 bits per heavy atom. The molecule has 3 N–H and O–H groups in total. The van der Waals surface area contributed by atoms with Gasteiger partial charge in [-0.05, 0) is 31.0 Å². The summed E-state index contributed by atoms with van der Waals surface area (Å²) in [6, 6.07) is 5.42. The van der Waals surface area contributed by atoms with Gasteiger partial charge in [-0.3, -0.25) is 11.3 Å². The van der Waals surface area contributed by atoms with Gasteiger partial charge in [-0.2, -0.15) is 0 Å². The van der Waals surface area contributed by atoms with Crippen LogP contribution in [0.25, 0.3) is 0 Å². The van der Waals surface area contributed by atoms with Crippen LogP contribution in [0.1, 0.15) is 23.1 Å². The van der Waals surface area contributed by atoms with E-state index in [0.717, 1.165) is 17.1 Å². The number of rotatable bonds is 4. The van der Waals surface area contributed by atoms with Gasteiger partial charge in [-0.25, -0.2) is 4.98 Å². The molecule has 19 heavy (non-hydrogen) atoms. The van der Waals surface area contributed by atoms with Gasteiger partial charge < -0.3 is 4.57 Å². The maximum Gasteiger partial charge on any atom is 0.105 e. The molecule has 6 heteroatoms. The van der Waals surface area contributed by atoms with E-state index >= 15 is 0 Å². The van der Waals surface area contributed by atoms with Crippen molar-refractivity contribution in [3.05, 3.63) is 51.5 Å². The number of halogens is 2. The summed E-state index contributed by atoms with van der Waals surface area (Å²) in [5.41, 5.74) is 4.82. The van der Waals surface area contributed by atoms with Crippen molar-refractivity contribution < 1.29 is 0 Å². The van der Waals surface area contributed by atoms with E-state index in [1.54, 1.807) is 6.07 Å². The maximum atomic E-state index is 6.19. The minimum atomic E-state index is -0.0510. The molecular formula is C13H16Cl2N4. The molecule has 0 amide bonds. The Bertz CT molecular complexity index is 580. The average molecular weight is 299 g/mol. The monoisotopic (exact) mass is 298 g/mol. The fourth-order valence-corrected chi connectivity index (χ4v) is 2.48. The average Bonchev–Trinajstić information content (AvgIpc) is 2.70. The molecule has 1 heterocycles. The van der Waals surface area contributed by atoms with Gasteiger partial charge in [0.1, 0.15) is 5.82 Å². The number of aromatic nitrogens is 2. The molecule has 1 aromatic heterocycles. The van der Waals surface area contributed by atoms with Gasteiger partial charge in [0.15, 0.2) is 0 Å². The minimum Gasteiger partial charge on any atom is -0.334 e. The predicted octanol–water partition coefficient (Wildman–Crippen LogP) is 2.78. The molecule has 0 saturated carbocycles. The predicted molar refractivity (Wildman–Crippen MR) is 78.2 cm³/mol. The van der Waals surface area contributed by atoms with Gasteiger partial charge in [0.25, 0.3) is 0 Å². The SMILES string of the molecule is Cc1ncc(C(Cc2ccc(Cl)cc2Cl)NN)n1C. The molecule has 0 fully saturated rings. The summed E-state index contributed by atoms with van der Waals surface area (Å²) < 4.78 is 2.01. The Morgan fingerprint density at radius 2 is 2.16 bits per heavy atom. The molecule has 0 radical (unpaired) electrons. The van der Waals surface area contributed by atoms with E-state index in [0.29, 0.717) is 16.5 Å². The zero-order valence-corrected chi connectivity index (χ0v) is 12.3. The highest BCUT2D eigenvalue weighted by molar-refractivity contribution is 6.35. The van der Waals surface area contributed by atoms with Crippen molar-refractivity contribution in [1.82, 2.24) is 15.0 Å². The number of nitrogens with one attached hydrogen (secondary N) is 1. The summed E-state index contributed by atoms with van der Waals surface area (Å²) >= 11 is 12.1. The van der Waals surface area contributed by atoms with Gasteiger partial charge in [-0.1, -0.05) is 29.3 Å². The molecule has 0 aliphatic heterocycles. The fraction of sp³-hybridized carbons (Fsp3) is 0.308. The summed E-state index contributed by atoms with van der Waals surface area (Å²) in [4.78, 5) is 4.28. The normalized spacial score (nSPS) is 12.7. The Labute approximate surface area is 122 Å². The molecular weight excluding hydrogens is 283 g/mol. The second-order valence-corrected chi connectivity index (χ2v) is 5.29. The van der Waals surface area contributed by atoms with Gasteiger partial charge in [0.05, 0.1) is 17.9 Å². The summed E-state index contributed by atoms with van der Waals surface area (Å²) in [5, 5.41) is 1.27. The number of benzene rings is 1. The summed E-state index contributed by atoms with van der Waals surface area (Å²) in [5.74, 6) is 6.59. The van der Waals surface area contributed by atoms with Crippen molar-refractivity contribution in [1.29, 1.82) is 0 Å². The molecule has 1 unspecified atom stereocenters. The first-order valence-corrected chi connectivity index (χ1v) is 6.66. The van der Waals surface area contributed by atoms with Crippen molar-refractivity contribution in [2.24, 2.45) is 12.9 Å². The van der Waals surface area contributed by atoms with Crippen LogP contribution < -0.4 is 11.3 Å². The first kappa shape index (κ1) is 14.3. The molecule has 0 aliphatic rings. The van der Waals surface area contributed by atoms with Crippen molar-refractivity contribution in [2.45, 2.75) is 19.4 Å². The fourth-order valence-electron chi connectivity index (χ4n) is 2.00. The molecule has 2 aromatic rings. The molecule has 2 rings (SSSR count). The van der Waals surface area contributed by atoms with E-state index in [9.17, 15) is 0 Å². The largest absolute Gasteiger partial charge is 0.334 e. The second kappa shape index (κ2) is 5.92. The molecule has 1 aromatic carbocycles. The number of nitrogens with zero attached hydrogens (tertiary/aromatic N) is 2. The van der Waals surface area contributed by atoms with Crippen molar-refractivity contribution in [3.63, 3.8) is 0 Å². The number of nitrogens with two attached hydrogens (primary N) is 1. The zero-order valence-electron chi connectivity index (χ0n) is 10.8. The van der Waals surface area contributed by atoms with Crippen LogP contribution in [0.2, 0.25) is 10.0 Å². The third-order valence-electron chi connectivity index (χ3n) is 3.25. The van der Waals surface area contributed by atoms with Crippen LogP contribution >= 0.6 is 23.2 Å². The van der Waals surface area contributed by atoms with Crippen molar-refractivity contribution in [3.8, 4) is 0 Å². The van der Waals surface area contributed by atoms with Crippen LogP contribution in [0, 0.1) is 6.92 Å². The highest BCUT2D eigenvalue weighted by Crippen LogP contribution is 2.26. The van der Waals surface area contributed by atoms with Crippen molar-refractivity contribution >= 4 is 23.2 Å². The Kier molecular flexibility index (Phi) is 4.47. The lowest BCUT2D eigenvalue weighted by Gasteiger charge is -2.17. The molecule has 1 atom stereocenters. The Morgan fingerprint density at radius 1 is 1.42 bits per heavy atom. The maximum absolute atomic E-state index is 6.19. The lowest BCUT2D eigenvalue weighted by Crippen LogP contribution is -2.31.